The maximum atomic E-state index is 4.48. The van der Waals surface area contributed by atoms with Crippen molar-refractivity contribution in [2.45, 2.75) is 24.8 Å². The molecule has 0 spiro atoms. The SMILES string of the molecule is CC(C)c1cccnc1SNc1cccc2cccnc12. The zero-order valence-electron chi connectivity index (χ0n) is 12.1. The van der Waals surface area contributed by atoms with Crippen LogP contribution in [-0.2, 0) is 0 Å². The number of fused-ring (bicyclic) bond motifs is 1. The van der Waals surface area contributed by atoms with Gasteiger partial charge in [-0.3, -0.25) is 4.98 Å². The normalized spacial score (nSPS) is 11.0. The molecule has 0 aliphatic heterocycles. The Morgan fingerprint density at radius 1 is 0.952 bits per heavy atom. The van der Waals surface area contributed by atoms with Gasteiger partial charge in [-0.15, -0.1) is 0 Å². The monoisotopic (exact) mass is 295 g/mol. The van der Waals surface area contributed by atoms with Crippen molar-refractivity contribution in [3.63, 3.8) is 0 Å². The third kappa shape index (κ3) is 3.00. The summed E-state index contributed by atoms with van der Waals surface area (Å²) in [7, 11) is 0. The number of para-hydroxylation sites is 1. The second-order valence-corrected chi connectivity index (χ2v) is 5.93. The highest BCUT2D eigenvalue weighted by Crippen LogP contribution is 2.29. The van der Waals surface area contributed by atoms with E-state index in [0.29, 0.717) is 5.92 Å². The number of hydrogen-bond acceptors (Lipinski definition) is 4. The number of anilines is 1. The number of nitrogens with zero attached hydrogens (tertiary/aromatic N) is 2. The van der Waals surface area contributed by atoms with Gasteiger partial charge in [-0.25, -0.2) is 4.98 Å². The maximum absolute atomic E-state index is 4.48. The van der Waals surface area contributed by atoms with Crippen LogP contribution in [0.15, 0.2) is 59.9 Å². The second-order valence-electron chi connectivity index (χ2n) is 5.14. The standard InChI is InChI=1S/C17H17N3S/c1-12(2)14-8-5-11-19-17(14)21-20-15-9-3-6-13-7-4-10-18-16(13)15/h3-12,20H,1-2H3. The maximum Gasteiger partial charge on any atom is 0.120 e. The molecule has 21 heavy (non-hydrogen) atoms. The predicted octanol–water partition coefficient (Wildman–Crippen LogP) is 4.87. The van der Waals surface area contributed by atoms with E-state index in [1.54, 1.807) is 11.9 Å². The highest BCUT2D eigenvalue weighted by molar-refractivity contribution is 8.00. The topological polar surface area (TPSA) is 37.8 Å². The van der Waals surface area contributed by atoms with Gasteiger partial charge in [0.05, 0.1) is 11.2 Å². The zero-order valence-corrected chi connectivity index (χ0v) is 12.9. The second kappa shape index (κ2) is 6.14. The van der Waals surface area contributed by atoms with Crippen molar-refractivity contribution in [1.29, 1.82) is 0 Å². The molecular formula is C17H17N3S. The summed E-state index contributed by atoms with van der Waals surface area (Å²) in [6.07, 6.45) is 3.65. The van der Waals surface area contributed by atoms with Crippen LogP contribution >= 0.6 is 11.9 Å². The third-order valence-electron chi connectivity index (χ3n) is 3.31. The molecule has 0 atom stereocenters. The lowest BCUT2D eigenvalue weighted by molar-refractivity contribution is 0.819. The molecule has 2 heterocycles. The zero-order chi connectivity index (χ0) is 14.7. The average molecular weight is 295 g/mol. The fourth-order valence-electron chi connectivity index (χ4n) is 2.22. The molecule has 0 saturated carbocycles. The molecule has 1 N–H and O–H groups in total. The van der Waals surface area contributed by atoms with Crippen molar-refractivity contribution in [1.82, 2.24) is 9.97 Å². The van der Waals surface area contributed by atoms with Crippen molar-refractivity contribution in [3.8, 4) is 0 Å². The summed E-state index contributed by atoms with van der Waals surface area (Å²) in [6.45, 7) is 4.36. The molecule has 0 aliphatic rings. The molecule has 1 aromatic carbocycles. The van der Waals surface area contributed by atoms with Crippen molar-refractivity contribution in [3.05, 3.63) is 60.4 Å². The van der Waals surface area contributed by atoms with Gasteiger partial charge < -0.3 is 4.72 Å². The van der Waals surface area contributed by atoms with Crippen LogP contribution in [0.25, 0.3) is 10.9 Å². The predicted molar refractivity (Wildman–Crippen MR) is 89.5 cm³/mol. The van der Waals surface area contributed by atoms with Gasteiger partial charge in [0, 0.05) is 29.7 Å². The van der Waals surface area contributed by atoms with Gasteiger partial charge >= 0.3 is 0 Å². The molecular weight excluding hydrogens is 278 g/mol. The number of benzene rings is 1. The van der Waals surface area contributed by atoms with E-state index in [1.807, 2.05) is 36.7 Å². The largest absolute Gasteiger partial charge is 0.322 e. The molecule has 3 nitrogen and oxygen atoms in total. The van der Waals surface area contributed by atoms with E-state index < -0.39 is 0 Å². The minimum Gasteiger partial charge on any atom is -0.322 e. The molecule has 0 aliphatic carbocycles. The summed E-state index contributed by atoms with van der Waals surface area (Å²) in [4.78, 5) is 8.93. The highest BCUT2D eigenvalue weighted by Gasteiger charge is 2.09. The van der Waals surface area contributed by atoms with E-state index in [1.165, 1.54) is 5.56 Å². The summed E-state index contributed by atoms with van der Waals surface area (Å²) >= 11 is 1.54. The quantitative estimate of drug-likeness (QED) is 0.697. The Balaban J connectivity index is 1.87. The number of pyridine rings is 2. The summed E-state index contributed by atoms with van der Waals surface area (Å²) in [5.74, 6) is 0.452. The van der Waals surface area contributed by atoms with Crippen LogP contribution < -0.4 is 4.72 Å². The van der Waals surface area contributed by atoms with E-state index in [9.17, 15) is 0 Å². The third-order valence-corrected chi connectivity index (χ3v) is 4.17. The summed E-state index contributed by atoms with van der Waals surface area (Å²) in [5, 5.41) is 2.15. The molecule has 2 aromatic heterocycles. The lowest BCUT2D eigenvalue weighted by Gasteiger charge is -2.12. The van der Waals surface area contributed by atoms with Crippen LogP contribution in [0.5, 0.6) is 0 Å². The Kier molecular flexibility index (Phi) is 4.06. The first-order valence-corrected chi connectivity index (χ1v) is 7.79. The Labute approximate surface area is 129 Å². The molecule has 3 aromatic rings. The first-order chi connectivity index (χ1) is 10.3. The van der Waals surface area contributed by atoms with E-state index in [0.717, 1.165) is 21.6 Å². The molecule has 3 rings (SSSR count). The van der Waals surface area contributed by atoms with Gasteiger partial charge in [0.15, 0.2) is 0 Å². The van der Waals surface area contributed by atoms with Crippen LogP contribution in [0.2, 0.25) is 0 Å². The molecule has 0 fully saturated rings. The van der Waals surface area contributed by atoms with E-state index in [2.05, 4.69) is 46.7 Å². The number of rotatable bonds is 4. The van der Waals surface area contributed by atoms with Crippen LogP contribution in [0.1, 0.15) is 25.3 Å². The van der Waals surface area contributed by atoms with Gasteiger partial charge in [-0.2, -0.15) is 0 Å². The van der Waals surface area contributed by atoms with Gasteiger partial charge in [0.25, 0.3) is 0 Å². The summed E-state index contributed by atoms with van der Waals surface area (Å²) < 4.78 is 3.39. The molecule has 106 valence electrons. The van der Waals surface area contributed by atoms with Crippen LogP contribution in [0.3, 0.4) is 0 Å². The van der Waals surface area contributed by atoms with Gasteiger partial charge in [-0.1, -0.05) is 38.1 Å². The lowest BCUT2D eigenvalue weighted by atomic mass is 10.1. The Morgan fingerprint density at radius 2 is 1.71 bits per heavy atom. The minimum atomic E-state index is 0.452. The van der Waals surface area contributed by atoms with Gasteiger partial charge in [0.1, 0.15) is 5.03 Å². The Morgan fingerprint density at radius 3 is 2.57 bits per heavy atom. The van der Waals surface area contributed by atoms with E-state index in [4.69, 9.17) is 0 Å². The molecule has 0 radical (unpaired) electrons. The lowest BCUT2D eigenvalue weighted by Crippen LogP contribution is -1.97. The van der Waals surface area contributed by atoms with Crippen molar-refractivity contribution in [2.75, 3.05) is 4.72 Å². The molecule has 0 unspecified atom stereocenters. The van der Waals surface area contributed by atoms with Crippen LogP contribution in [-0.4, -0.2) is 9.97 Å². The molecule has 4 heteroatoms. The number of aromatic nitrogens is 2. The Hall–Kier alpha value is -2.07. The van der Waals surface area contributed by atoms with Gasteiger partial charge in [0.2, 0.25) is 0 Å². The first kappa shape index (κ1) is 13.9. The van der Waals surface area contributed by atoms with E-state index in [-0.39, 0.29) is 0 Å². The fraction of sp³-hybridized carbons (Fsp3) is 0.176. The fourth-order valence-corrected chi connectivity index (χ4v) is 3.12. The first-order valence-electron chi connectivity index (χ1n) is 6.97. The van der Waals surface area contributed by atoms with Crippen molar-refractivity contribution < 1.29 is 0 Å². The minimum absolute atomic E-state index is 0.452. The smallest absolute Gasteiger partial charge is 0.120 e. The van der Waals surface area contributed by atoms with Crippen LogP contribution in [0.4, 0.5) is 5.69 Å². The molecule has 0 bridgehead atoms. The van der Waals surface area contributed by atoms with Crippen LogP contribution in [0, 0.1) is 0 Å². The van der Waals surface area contributed by atoms with E-state index >= 15 is 0 Å². The summed E-state index contributed by atoms with van der Waals surface area (Å²) in [6, 6.07) is 14.3. The average Bonchev–Trinajstić information content (AvgIpc) is 2.53. The van der Waals surface area contributed by atoms with Crippen molar-refractivity contribution >= 4 is 28.5 Å². The molecule has 0 amide bonds. The number of nitrogens with one attached hydrogen (secondary N) is 1. The van der Waals surface area contributed by atoms with Crippen molar-refractivity contribution in [2.24, 2.45) is 0 Å². The Bertz CT molecular complexity index is 750. The molecule has 0 saturated heterocycles. The number of hydrogen-bond donors (Lipinski definition) is 1. The van der Waals surface area contributed by atoms with Gasteiger partial charge in [-0.05, 0) is 29.7 Å². The highest BCUT2D eigenvalue weighted by atomic mass is 32.2. The summed E-state index contributed by atoms with van der Waals surface area (Å²) in [5.41, 5.74) is 3.25.